The SMILES string of the molecule is Cn1nc2cc[c]cc2c1CO. The standard InChI is InChI=1S/C9H9N2O/c1-11-9(6-12)7-4-2-3-5-8(7)10-11/h3-5,12H,6H2,1H3. The highest BCUT2D eigenvalue weighted by Gasteiger charge is 2.05. The minimum absolute atomic E-state index is 0.0187. The average Bonchev–Trinajstić information content (AvgIpc) is 2.40. The van der Waals surface area contributed by atoms with E-state index in [0.29, 0.717) is 0 Å². The first kappa shape index (κ1) is 7.31. The zero-order valence-electron chi connectivity index (χ0n) is 6.78. The number of rotatable bonds is 1. The number of hydrogen-bond acceptors (Lipinski definition) is 2. The Bertz CT molecular complexity index is 406. The van der Waals surface area contributed by atoms with E-state index in [2.05, 4.69) is 11.2 Å². The second-order valence-electron chi connectivity index (χ2n) is 2.67. The molecule has 1 radical (unpaired) electrons. The molecule has 0 aliphatic heterocycles. The van der Waals surface area contributed by atoms with Gasteiger partial charge < -0.3 is 5.11 Å². The van der Waals surface area contributed by atoms with Crippen LogP contribution in [0.15, 0.2) is 18.2 Å². The van der Waals surface area contributed by atoms with Crippen molar-refractivity contribution in [3.63, 3.8) is 0 Å². The van der Waals surface area contributed by atoms with Crippen molar-refractivity contribution >= 4 is 10.9 Å². The van der Waals surface area contributed by atoms with Gasteiger partial charge in [0.25, 0.3) is 0 Å². The van der Waals surface area contributed by atoms with Crippen LogP contribution in [0, 0.1) is 6.07 Å². The predicted octanol–water partition coefficient (Wildman–Crippen LogP) is 0.866. The van der Waals surface area contributed by atoms with Gasteiger partial charge in [-0.05, 0) is 18.2 Å². The second-order valence-corrected chi connectivity index (χ2v) is 2.67. The highest BCUT2D eigenvalue weighted by Crippen LogP contribution is 2.16. The number of aliphatic hydroxyl groups is 1. The lowest BCUT2D eigenvalue weighted by atomic mass is 10.2. The first-order chi connectivity index (χ1) is 5.83. The molecule has 12 heavy (non-hydrogen) atoms. The fourth-order valence-corrected chi connectivity index (χ4v) is 1.32. The lowest BCUT2D eigenvalue weighted by Crippen LogP contribution is -1.96. The summed E-state index contributed by atoms with van der Waals surface area (Å²) in [7, 11) is 1.82. The fraction of sp³-hybridized carbons (Fsp3) is 0.222. The molecule has 2 rings (SSSR count). The van der Waals surface area contributed by atoms with Gasteiger partial charge in [0.15, 0.2) is 0 Å². The maximum absolute atomic E-state index is 9.03. The highest BCUT2D eigenvalue weighted by molar-refractivity contribution is 5.81. The number of nitrogens with zero attached hydrogens (tertiary/aromatic N) is 2. The van der Waals surface area contributed by atoms with Crippen LogP contribution in [0.2, 0.25) is 0 Å². The minimum Gasteiger partial charge on any atom is -0.390 e. The molecule has 3 heteroatoms. The van der Waals surface area contributed by atoms with Crippen molar-refractivity contribution in [2.24, 2.45) is 7.05 Å². The summed E-state index contributed by atoms with van der Waals surface area (Å²) in [6.07, 6.45) is 0. The van der Waals surface area contributed by atoms with E-state index in [0.717, 1.165) is 16.6 Å². The lowest BCUT2D eigenvalue weighted by molar-refractivity contribution is 0.272. The van der Waals surface area contributed by atoms with E-state index in [-0.39, 0.29) is 6.61 Å². The van der Waals surface area contributed by atoms with Gasteiger partial charge in [-0.15, -0.1) is 0 Å². The van der Waals surface area contributed by atoms with Crippen LogP contribution in [0.1, 0.15) is 5.69 Å². The summed E-state index contributed by atoms with van der Waals surface area (Å²) in [5, 5.41) is 14.2. The van der Waals surface area contributed by atoms with E-state index in [4.69, 9.17) is 5.11 Å². The molecule has 0 fully saturated rings. The summed E-state index contributed by atoms with van der Waals surface area (Å²) in [5.41, 5.74) is 1.74. The monoisotopic (exact) mass is 161 g/mol. The van der Waals surface area contributed by atoms with Gasteiger partial charge >= 0.3 is 0 Å². The summed E-state index contributed by atoms with van der Waals surface area (Å²) in [6, 6.07) is 8.50. The van der Waals surface area contributed by atoms with Crippen LogP contribution in [0.3, 0.4) is 0 Å². The summed E-state index contributed by atoms with van der Waals surface area (Å²) < 4.78 is 1.69. The Morgan fingerprint density at radius 1 is 1.67 bits per heavy atom. The third-order valence-electron chi connectivity index (χ3n) is 1.95. The fourth-order valence-electron chi connectivity index (χ4n) is 1.32. The molecule has 0 spiro atoms. The van der Waals surface area contributed by atoms with E-state index in [1.807, 2.05) is 25.2 Å². The number of fused-ring (bicyclic) bond motifs is 1. The Hall–Kier alpha value is -1.35. The third-order valence-corrected chi connectivity index (χ3v) is 1.95. The zero-order valence-corrected chi connectivity index (χ0v) is 6.78. The lowest BCUT2D eigenvalue weighted by Gasteiger charge is -1.94. The Morgan fingerprint density at radius 3 is 3.25 bits per heavy atom. The van der Waals surface area contributed by atoms with E-state index in [1.165, 1.54) is 0 Å². The molecule has 0 saturated heterocycles. The van der Waals surface area contributed by atoms with Crippen LogP contribution in [0.4, 0.5) is 0 Å². The molecule has 1 aromatic heterocycles. The number of aromatic nitrogens is 2. The highest BCUT2D eigenvalue weighted by atomic mass is 16.3. The van der Waals surface area contributed by atoms with E-state index in [9.17, 15) is 0 Å². The van der Waals surface area contributed by atoms with Gasteiger partial charge in [-0.25, -0.2) is 0 Å². The number of hydrogen-bond donors (Lipinski definition) is 1. The molecule has 2 aromatic rings. The normalized spacial score (nSPS) is 10.8. The topological polar surface area (TPSA) is 38.0 Å². The molecule has 0 aliphatic rings. The Morgan fingerprint density at radius 2 is 2.50 bits per heavy atom. The van der Waals surface area contributed by atoms with Crippen LogP contribution >= 0.6 is 0 Å². The molecule has 0 aliphatic carbocycles. The molecule has 0 bridgehead atoms. The zero-order chi connectivity index (χ0) is 8.55. The molecule has 1 N–H and O–H groups in total. The molecular weight excluding hydrogens is 152 g/mol. The van der Waals surface area contributed by atoms with Crippen molar-refractivity contribution < 1.29 is 5.11 Å². The van der Waals surface area contributed by atoms with Crippen molar-refractivity contribution in [3.05, 3.63) is 30.0 Å². The van der Waals surface area contributed by atoms with E-state index < -0.39 is 0 Å². The molecular formula is C9H9N2O. The Labute approximate surface area is 70.2 Å². The summed E-state index contributed by atoms with van der Waals surface area (Å²) in [6.45, 7) is 0.0187. The predicted molar refractivity (Wildman–Crippen MR) is 45.5 cm³/mol. The maximum Gasteiger partial charge on any atom is 0.0927 e. The van der Waals surface area contributed by atoms with Crippen LogP contribution in [0.5, 0.6) is 0 Å². The number of benzene rings is 1. The van der Waals surface area contributed by atoms with Gasteiger partial charge in [0.1, 0.15) is 0 Å². The van der Waals surface area contributed by atoms with Crippen LogP contribution in [0.25, 0.3) is 10.9 Å². The third kappa shape index (κ3) is 0.905. The first-order valence-electron chi connectivity index (χ1n) is 3.75. The molecule has 61 valence electrons. The molecule has 0 atom stereocenters. The molecule has 0 unspecified atom stereocenters. The average molecular weight is 161 g/mol. The van der Waals surface area contributed by atoms with Crippen molar-refractivity contribution in [3.8, 4) is 0 Å². The summed E-state index contributed by atoms with van der Waals surface area (Å²) in [4.78, 5) is 0. The van der Waals surface area contributed by atoms with E-state index in [1.54, 1.807) is 4.68 Å². The molecule has 0 saturated carbocycles. The molecule has 1 aromatic carbocycles. The van der Waals surface area contributed by atoms with Gasteiger partial charge in [0, 0.05) is 12.4 Å². The van der Waals surface area contributed by atoms with Crippen molar-refractivity contribution in [2.45, 2.75) is 6.61 Å². The molecule has 1 heterocycles. The van der Waals surface area contributed by atoms with Crippen molar-refractivity contribution in [2.75, 3.05) is 0 Å². The Kier molecular flexibility index (Phi) is 1.59. The van der Waals surface area contributed by atoms with Crippen molar-refractivity contribution in [1.29, 1.82) is 0 Å². The second kappa shape index (κ2) is 2.60. The maximum atomic E-state index is 9.03. The van der Waals surface area contributed by atoms with Crippen LogP contribution in [-0.2, 0) is 13.7 Å². The van der Waals surface area contributed by atoms with E-state index >= 15 is 0 Å². The largest absolute Gasteiger partial charge is 0.390 e. The van der Waals surface area contributed by atoms with Gasteiger partial charge in [0.2, 0.25) is 0 Å². The smallest absolute Gasteiger partial charge is 0.0927 e. The quantitative estimate of drug-likeness (QED) is 0.673. The van der Waals surface area contributed by atoms with Gasteiger partial charge in [-0.1, -0.05) is 6.07 Å². The Balaban J connectivity index is 2.81. The van der Waals surface area contributed by atoms with Gasteiger partial charge in [-0.2, -0.15) is 5.10 Å². The number of aliphatic hydroxyl groups excluding tert-OH is 1. The van der Waals surface area contributed by atoms with Crippen molar-refractivity contribution in [1.82, 2.24) is 9.78 Å². The molecule has 3 nitrogen and oxygen atoms in total. The summed E-state index contributed by atoms with van der Waals surface area (Å²) >= 11 is 0. The van der Waals surface area contributed by atoms with Gasteiger partial charge in [-0.3, -0.25) is 4.68 Å². The minimum atomic E-state index is 0.0187. The van der Waals surface area contributed by atoms with Gasteiger partial charge in [0.05, 0.1) is 17.8 Å². The molecule has 0 amide bonds. The van der Waals surface area contributed by atoms with Crippen LogP contribution < -0.4 is 0 Å². The summed E-state index contributed by atoms with van der Waals surface area (Å²) in [5.74, 6) is 0. The number of aryl methyl sites for hydroxylation is 1. The first-order valence-corrected chi connectivity index (χ1v) is 3.75. The van der Waals surface area contributed by atoms with Crippen LogP contribution in [-0.4, -0.2) is 14.9 Å².